The molecule has 2 rings (SSSR count). The van der Waals surface area contributed by atoms with Gasteiger partial charge in [-0.05, 0) is 25.8 Å². The Kier molecular flexibility index (Phi) is 9.74. The van der Waals surface area contributed by atoms with Crippen LogP contribution in [0.25, 0.3) is 0 Å². The number of sulfonamides is 1. The monoisotopic (exact) mass is 501 g/mol. The van der Waals surface area contributed by atoms with Gasteiger partial charge in [-0.15, -0.1) is 0 Å². The van der Waals surface area contributed by atoms with Crippen molar-refractivity contribution in [3.8, 4) is 5.88 Å². The summed E-state index contributed by atoms with van der Waals surface area (Å²) in [7, 11) is -3.76. The maximum absolute atomic E-state index is 12.7. The van der Waals surface area contributed by atoms with Gasteiger partial charge in [0.15, 0.2) is 0 Å². The van der Waals surface area contributed by atoms with E-state index in [1.807, 2.05) is 0 Å². The van der Waals surface area contributed by atoms with E-state index in [-0.39, 0.29) is 55.4 Å². The van der Waals surface area contributed by atoms with Crippen LogP contribution in [0.1, 0.15) is 19.8 Å². The van der Waals surface area contributed by atoms with Crippen LogP contribution < -0.4 is 10.5 Å². The molecular weight excluding hydrogens is 478 g/mol. The third-order valence-electron chi connectivity index (χ3n) is 4.75. The number of hydrogen-bond donors (Lipinski definition) is 3. The number of hydrogen-bond acceptors (Lipinski definition) is 7. The number of carbonyl (C=O) groups is 2. The molecule has 0 aromatic carbocycles. The summed E-state index contributed by atoms with van der Waals surface area (Å²) in [5.74, 6) is -3.53. The third kappa shape index (κ3) is 7.94. The van der Waals surface area contributed by atoms with Gasteiger partial charge in [-0.25, -0.2) is 22.6 Å². The van der Waals surface area contributed by atoms with Crippen molar-refractivity contribution >= 4 is 22.0 Å². The number of rotatable bonds is 7. The second-order valence-electron chi connectivity index (χ2n) is 7.17. The molecule has 1 fully saturated rings. The van der Waals surface area contributed by atoms with Crippen molar-refractivity contribution < 1.29 is 50.5 Å². The second kappa shape index (κ2) is 11.4. The van der Waals surface area contributed by atoms with E-state index in [0.717, 1.165) is 6.20 Å². The highest BCUT2D eigenvalue weighted by molar-refractivity contribution is 7.89. The molecule has 1 aliphatic rings. The van der Waals surface area contributed by atoms with E-state index in [2.05, 4.69) is 4.98 Å². The molecule has 0 aliphatic carbocycles. The average molecular weight is 501 g/mol. The number of pyridine rings is 1. The van der Waals surface area contributed by atoms with Crippen LogP contribution in [0, 0.1) is 5.41 Å². The SMILES string of the molecule is CC1(C(=O)O)CCN(S(=O)(=O)c2ccc(OC/C(=C/F)CN)nc2)CC1.O=C(O)C(F)(F)F. The molecule has 0 amide bonds. The van der Waals surface area contributed by atoms with Gasteiger partial charge >= 0.3 is 18.1 Å². The fourth-order valence-corrected chi connectivity index (χ4v) is 3.88. The molecular formula is C18H23F4N3O7S. The molecule has 0 bridgehead atoms. The summed E-state index contributed by atoms with van der Waals surface area (Å²) in [5, 5.41) is 16.4. The fourth-order valence-electron chi connectivity index (χ4n) is 2.49. The quantitative estimate of drug-likeness (QED) is 0.473. The van der Waals surface area contributed by atoms with Gasteiger partial charge in [0.1, 0.15) is 11.5 Å². The van der Waals surface area contributed by atoms with Gasteiger partial charge in [-0.1, -0.05) is 0 Å². The van der Waals surface area contributed by atoms with Crippen LogP contribution in [0.4, 0.5) is 17.6 Å². The molecule has 1 saturated heterocycles. The zero-order valence-corrected chi connectivity index (χ0v) is 18.2. The minimum atomic E-state index is -5.08. The van der Waals surface area contributed by atoms with Crippen molar-refractivity contribution in [3.05, 3.63) is 30.2 Å². The maximum Gasteiger partial charge on any atom is 0.490 e. The van der Waals surface area contributed by atoms with Gasteiger partial charge in [0.2, 0.25) is 15.9 Å². The molecule has 0 unspecified atom stereocenters. The predicted octanol–water partition coefficient (Wildman–Crippen LogP) is 1.78. The highest BCUT2D eigenvalue weighted by Gasteiger charge is 2.40. The lowest BCUT2D eigenvalue weighted by molar-refractivity contribution is -0.192. The number of halogens is 4. The predicted molar refractivity (Wildman–Crippen MR) is 105 cm³/mol. The van der Waals surface area contributed by atoms with Crippen LogP contribution in [-0.2, 0) is 19.6 Å². The summed E-state index contributed by atoms with van der Waals surface area (Å²) in [5.41, 5.74) is 4.66. The van der Waals surface area contributed by atoms with E-state index >= 15 is 0 Å². The van der Waals surface area contributed by atoms with Crippen molar-refractivity contribution in [3.63, 3.8) is 0 Å². The van der Waals surface area contributed by atoms with Crippen LogP contribution in [-0.4, -0.2) is 72.3 Å². The highest BCUT2D eigenvalue weighted by Crippen LogP contribution is 2.33. The summed E-state index contributed by atoms with van der Waals surface area (Å²) < 4.78 is 76.0. The molecule has 0 radical (unpaired) electrons. The molecule has 10 nitrogen and oxygen atoms in total. The van der Waals surface area contributed by atoms with E-state index in [1.54, 1.807) is 6.92 Å². The van der Waals surface area contributed by atoms with Crippen molar-refractivity contribution in [1.29, 1.82) is 0 Å². The Morgan fingerprint density at radius 3 is 2.18 bits per heavy atom. The minimum absolute atomic E-state index is 0.00713. The van der Waals surface area contributed by atoms with Gasteiger partial charge in [0, 0.05) is 31.3 Å². The second-order valence-corrected chi connectivity index (χ2v) is 9.10. The lowest BCUT2D eigenvalue weighted by atomic mass is 9.81. The summed E-state index contributed by atoms with van der Waals surface area (Å²) >= 11 is 0. The number of nitrogens with zero attached hydrogens (tertiary/aromatic N) is 2. The minimum Gasteiger partial charge on any atom is -0.481 e. The van der Waals surface area contributed by atoms with Gasteiger partial charge < -0.3 is 20.7 Å². The van der Waals surface area contributed by atoms with Crippen molar-refractivity contribution in [2.24, 2.45) is 11.1 Å². The zero-order valence-electron chi connectivity index (χ0n) is 17.4. The number of ether oxygens (including phenoxy) is 1. The Hall–Kier alpha value is -2.78. The van der Waals surface area contributed by atoms with E-state index in [4.69, 9.17) is 20.4 Å². The molecule has 0 saturated carbocycles. The number of carboxylic acid groups (broad SMARTS) is 2. The summed E-state index contributed by atoms with van der Waals surface area (Å²) in [4.78, 5) is 24.1. The first kappa shape index (κ1) is 28.3. The fraction of sp³-hybridized carbons (Fsp3) is 0.500. The topological polar surface area (TPSA) is 160 Å². The van der Waals surface area contributed by atoms with Crippen LogP contribution in [0.5, 0.6) is 5.88 Å². The normalized spacial score (nSPS) is 17.0. The number of alkyl halides is 3. The van der Waals surface area contributed by atoms with Crippen molar-refractivity contribution in [2.45, 2.75) is 30.8 Å². The Balaban J connectivity index is 0.000000675. The first-order valence-electron chi connectivity index (χ1n) is 9.28. The molecule has 15 heteroatoms. The molecule has 4 N–H and O–H groups in total. The van der Waals surface area contributed by atoms with Gasteiger partial charge in [0.25, 0.3) is 0 Å². The Morgan fingerprint density at radius 2 is 1.82 bits per heavy atom. The number of piperidine rings is 1. The van der Waals surface area contributed by atoms with Gasteiger partial charge in [0.05, 0.1) is 17.9 Å². The van der Waals surface area contributed by atoms with E-state index in [0.29, 0.717) is 6.33 Å². The number of aromatic nitrogens is 1. The molecule has 1 aromatic rings. The summed E-state index contributed by atoms with van der Waals surface area (Å²) in [6.45, 7) is 1.81. The summed E-state index contributed by atoms with van der Waals surface area (Å²) in [6, 6.07) is 2.73. The van der Waals surface area contributed by atoms with E-state index in [1.165, 1.54) is 16.4 Å². The van der Waals surface area contributed by atoms with Crippen molar-refractivity contribution in [2.75, 3.05) is 26.2 Å². The molecule has 1 aromatic heterocycles. The standard InChI is InChI=1S/C16H22FN3O5S.C2HF3O2/c1-16(15(21)22)4-6-20(7-5-16)26(23,24)13-2-3-14(19-10-13)25-11-12(8-17)9-18;3-2(4,5)1(6)7/h2-3,8,10H,4-7,9,11,18H2,1H3,(H,21,22);(H,6,7)/b12-8+;. The largest absolute Gasteiger partial charge is 0.490 e. The Labute approximate surface area is 186 Å². The van der Waals surface area contributed by atoms with E-state index in [9.17, 15) is 35.9 Å². The van der Waals surface area contributed by atoms with Gasteiger partial charge in [-0.2, -0.15) is 17.5 Å². The number of aliphatic carboxylic acids is 2. The first-order valence-corrected chi connectivity index (χ1v) is 10.7. The third-order valence-corrected chi connectivity index (χ3v) is 6.64. The Bertz CT molecular complexity index is 958. The lowest BCUT2D eigenvalue weighted by Gasteiger charge is -2.35. The Morgan fingerprint density at radius 1 is 1.27 bits per heavy atom. The average Bonchev–Trinajstić information content (AvgIpc) is 2.75. The molecule has 33 heavy (non-hydrogen) atoms. The van der Waals surface area contributed by atoms with Crippen LogP contribution in [0.3, 0.4) is 0 Å². The number of nitrogens with two attached hydrogens (primary N) is 1. The highest BCUT2D eigenvalue weighted by atomic mass is 32.2. The van der Waals surface area contributed by atoms with E-state index < -0.39 is 33.6 Å². The van der Waals surface area contributed by atoms with Crippen LogP contribution in [0.2, 0.25) is 0 Å². The maximum atomic E-state index is 12.7. The smallest absolute Gasteiger partial charge is 0.481 e. The zero-order chi connectivity index (χ0) is 25.4. The molecule has 2 heterocycles. The molecule has 186 valence electrons. The van der Waals surface area contributed by atoms with Crippen LogP contribution in [0.15, 0.2) is 35.1 Å². The lowest BCUT2D eigenvalue weighted by Crippen LogP contribution is -2.45. The van der Waals surface area contributed by atoms with Gasteiger partial charge in [-0.3, -0.25) is 4.79 Å². The first-order chi connectivity index (χ1) is 15.2. The summed E-state index contributed by atoms with van der Waals surface area (Å²) in [6.07, 6.45) is -3.07. The van der Waals surface area contributed by atoms with Crippen molar-refractivity contribution in [1.82, 2.24) is 9.29 Å². The molecule has 1 aliphatic heterocycles. The molecule has 0 spiro atoms. The number of carboxylic acids is 2. The molecule has 0 atom stereocenters. The van der Waals surface area contributed by atoms with Crippen LogP contribution >= 0.6 is 0 Å².